The highest BCUT2D eigenvalue weighted by atomic mass is 16.4. The second kappa shape index (κ2) is 15.4. The molecule has 1 aliphatic rings. The van der Waals surface area contributed by atoms with Gasteiger partial charge in [-0.1, -0.05) is 19.8 Å². The van der Waals surface area contributed by atoms with Crippen LogP contribution in [0.4, 0.5) is 10.6 Å². The van der Waals surface area contributed by atoms with E-state index in [9.17, 15) is 14.4 Å². The molecule has 0 unspecified atom stereocenters. The van der Waals surface area contributed by atoms with Crippen molar-refractivity contribution in [2.24, 2.45) is 0 Å². The van der Waals surface area contributed by atoms with Gasteiger partial charge in [0.25, 0.3) is 0 Å². The Labute approximate surface area is 204 Å². The molecule has 192 valence electrons. The van der Waals surface area contributed by atoms with Crippen LogP contribution in [0.1, 0.15) is 51.9 Å². The highest BCUT2D eigenvalue weighted by Gasteiger charge is 2.12. The molecule has 2 amide bonds. The fourth-order valence-corrected chi connectivity index (χ4v) is 3.65. The number of anilines is 1. The normalized spacial score (nSPS) is 14.2. The van der Waals surface area contributed by atoms with Gasteiger partial charge in [0, 0.05) is 25.2 Å². The first kappa shape index (κ1) is 27.7. The van der Waals surface area contributed by atoms with Crippen LogP contribution in [0.25, 0.3) is 11.0 Å². The van der Waals surface area contributed by atoms with Gasteiger partial charge in [0.1, 0.15) is 12.1 Å². The number of amides is 2. The lowest BCUT2D eigenvalue weighted by Crippen LogP contribution is -2.29. The molecule has 0 aromatic carbocycles. The van der Waals surface area contributed by atoms with Gasteiger partial charge in [-0.3, -0.25) is 5.32 Å². The first-order valence-electron chi connectivity index (χ1n) is 12.0. The summed E-state index contributed by atoms with van der Waals surface area (Å²) in [5, 5.41) is 26.4. The van der Waals surface area contributed by atoms with Crippen molar-refractivity contribution in [3.63, 3.8) is 0 Å². The van der Waals surface area contributed by atoms with Crippen molar-refractivity contribution in [1.82, 2.24) is 30.0 Å². The molecule has 4 N–H and O–H groups in total. The Morgan fingerprint density at radius 2 is 1.66 bits per heavy atom. The molecular formula is C23H35N7O5. The molecule has 1 fully saturated rings. The standard InChI is InChI=1S/C19H31N7O.C4H4O4/c1-2-9-20-19(27)24-17-16-14-23-26(18(16)22-15-21-17)13-8-7-12-25-10-5-3-4-6-11-25;5-3(6)1-2-4(7)8/h14-15H,2-13H2,1H3,(H2,20,21,22,24,27);1-2H,(H,5,6)(H,7,8)/b;2-1-. The van der Waals surface area contributed by atoms with E-state index in [1.807, 2.05) is 11.6 Å². The molecule has 12 nitrogen and oxygen atoms in total. The molecule has 0 spiro atoms. The number of nitrogens with one attached hydrogen (secondary N) is 2. The molecule has 1 aliphatic heterocycles. The highest BCUT2D eigenvalue weighted by molar-refractivity contribution is 5.97. The summed E-state index contributed by atoms with van der Waals surface area (Å²) >= 11 is 0. The van der Waals surface area contributed by atoms with Crippen LogP contribution in [0.2, 0.25) is 0 Å². The minimum Gasteiger partial charge on any atom is -0.478 e. The van der Waals surface area contributed by atoms with Gasteiger partial charge in [-0.05, 0) is 51.7 Å². The first-order chi connectivity index (χ1) is 16.9. The minimum absolute atomic E-state index is 0.248. The summed E-state index contributed by atoms with van der Waals surface area (Å²) in [4.78, 5) is 42.1. The monoisotopic (exact) mass is 489 g/mol. The lowest BCUT2D eigenvalue weighted by atomic mass is 10.2. The van der Waals surface area contributed by atoms with Crippen molar-refractivity contribution in [3.8, 4) is 0 Å². The van der Waals surface area contributed by atoms with E-state index < -0.39 is 11.9 Å². The Kier molecular flexibility index (Phi) is 12.2. The number of likely N-dealkylation sites (tertiary alicyclic amines) is 1. The molecule has 35 heavy (non-hydrogen) atoms. The zero-order chi connectivity index (χ0) is 25.5. The van der Waals surface area contributed by atoms with E-state index in [-0.39, 0.29) is 6.03 Å². The molecule has 0 saturated carbocycles. The Morgan fingerprint density at radius 1 is 1.00 bits per heavy atom. The van der Waals surface area contributed by atoms with Gasteiger partial charge in [-0.25, -0.2) is 29.0 Å². The van der Waals surface area contributed by atoms with Crippen LogP contribution < -0.4 is 10.6 Å². The number of unbranched alkanes of at least 4 members (excludes halogenated alkanes) is 1. The Balaban J connectivity index is 0.000000466. The molecule has 0 bridgehead atoms. The van der Waals surface area contributed by atoms with Crippen molar-refractivity contribution in [2.75, 3.05) is 31.5 Å². The van der Waals surface area contributed by atoms with Gasteiger partial charge in [0.2, 0.25) is 0 Å². The largest absolute Gasteiger partial charge is 0.478 e. The van der Waals surface area contributed by atoms with Crippen LogP contribution in [-0.2, 0) is 16.1 Å². The van der Waals surface area contributed by atoms with E-state index >= 15 is 0 Å². The molecular weight excluding hydrogens is 454 g/mol. The Hall–Kier alpha value is -3.54. The number of urea groups is 1. The maximum absolute atomic E-state index is 11.9. The van der Waals surface area contributed by atoms with Crippen molar-refractivity contribution in [3.05, 3.63) is 24.7 Å². The van der Waals surface area contributed by atoms with Crippen LogP contribution in [0.5, 0.6) is 0 Å². The van der Waals surface area contributed by atoms with Gasteiger partial charge in [0.05, 0.1) is 11.6 Å². The number of aryl methyl sites for hydroxylation is 1. The van der Waals surface area contributed by atoms with Gasteiger partial charge in [0.15, 0.2) is 5.65 Å². The van der Waals surface area contributed by atoms with E-state index in [0.29, 0.717) is 24.5 Å². The molecule has 1 saturated heterocycles. The number of carbonyl (C=O) groups is 3. The van der Waals surface area contributed by atoms with Crippen LogP contribution in [0.15, 0.2) is 24.7 Å². The predicted molar refractivity (Wildman–Crippen MR) is 131 cm³/mol. The summed E-state index contributed by atoms with van der Waals surface area (Å²) in [6.07, 6.45) is 12.9. The third-order valence-corrected chi connectivity index (χ3v) is 5.36. The topological polar surface area (TPSA) is 163 Å². The van der Waals surface area contributed by atoms with Gasteiger partial charge < -0.3 is 20.4 Å². The maximum Gasteiger partial charge on any atom is 0.328 e. The van der Waals surface area contributed by atoms with Gasteiger partial charge >= 0.3 is 18.0 Å². The number of fused-ring (bicyclic) bond motifs is 1. The number of hydrogen-bond donors (Lipinski definition) is 4. The van der Waals surface area contributed by atoms with Crippen molar-refractivity contribution >= 4 is 34.8 Å². The van der Waals surface area contributed by atoms with E-state index in [1.165, 1.54) is 51.6 Å². The number of aromatic nitrogens is 4. The maximum atomic E-state index is 11.9. The summed E-state index contributed by atoms with van der Waals surface area (Å²) in [6.45, 7) is 7.13. The predicted octanol–water partition coefficient (Wildman–Crippen LogP) is 2.73. The summed E-state index contributed by atoms with van der Waals surface area (Å²) < 4.78 is 1.91. The first-order valence-corrected chi connectivity index (χ1v) is 12.0. The second-order valence-electron chi connectivity index (χ2n) is 8.18. The van der Waals surface area contributed by atoms with E-state index in [4.69, 9.17) is 10.2 Å². The molecule has 3 rings (SSSR count). The van der Waals surface area contributed by atoms with Crippen LogP contribution in [0, 0.1) is 0 Å². The average molecular weight is 490 g/mol. The third-order valence-electron chi connectivity index (χ3n) is 5.36. The number of nitrogens with zero attached hydrogens (tertiary/aromatic N) is 5. The smallest absolute Gasteiger partial charge is 0.328 e. The number of carboxylic acids is 2. The number of rotatable bonds is 10. The Bertz CT molecular complexity index is 968. The molecule has 2 aromatic rings. The lowest BCUT2D eigenvalue weighted by molar-refractivity contribution is -0.134. The summed E-state index contributed by atoms with van der Waals surface area (Å²) in [5.41, 5.74) is 0.769. The highest BCUT2D eigenvalue weighted by Crippen LogP contribution is 2.19. The molecule has 0 aliphatic carbocycles. The Morgan fingerprint density at radius 3 is 2.29 bits per heavy atom. The van der Waals surface area contributed by atoms with Gasteiger partial charge in [-0.15, -0.1) is 0 Å². The molecule has 3 heterocycles. The van der Waals surface area contributed by atoms with E-state index in [0.717, 1.165) is 36.8 Å². The van der Waals surface area contributed by atoms with Crippen LogP contribution in [-0.4, -0.2) is 79.0 Å². The van der Waals surface area contributed by atoms with Crippen molar-refractivity contribution in [1.29, 1.82) is 0 Å². The number of carbonyl (C=O) groups excluding carboxylic acids is 1. The van der Waals surface area contributed by atoms with Gasteiger partial charge in [-0.2, -0.15) is 5.10 Å². The number of hydrogen-bond acceptors (Lipinski definition) is 7. The van der Waals surface area contributed by atoms with Crippen LogP contribution >= 0.6 is 0 Å². The molecule has 12 heteroatoms. The molecule has 0 radical (unpaired) electrons. The van der Waals surface area contributed by atoms with Crippen LogP contribution in [0.3, 0.4) is 0 Å². The summed E-state index contributed by atoms with van der Waals surface area (Å²) in [6, 6.07) is -0.248. The quantitative estimate of drug-likeness (QED) is 0.290. The number of aliphatic carboxylic acids is 2. The third kappa shape index (κ3) is 10.5. The fourth-order valence-electron chi connectivity index (χ4n) is 3.65. The number of carboxylic acid groups (broad SMARTS) is 2. The zero-order valence-corrected chi connectivity index (χ0v) is 20.1. The summed E-state index contributed by atoms with van der Waals surface area (Å²) in [7, 11) is 0. The summed E-state index contributed by atoms with van der Waals surface area (Å²) in [5.74, 6) is -2.01. The zero-order valence-electron chi connectivity index (χ0n) is 20.1. The minimum atomic E-state index is -1.26. The molecule has 2 aromatic heterocycles. The van der Waals surface area contributed by atoms with E-state index in [1.54, 1.807) is 6.20 Å². The van der Waals surface area contributed by atoms with E-state index in [2.05, 4.69) is 30.6 Å². The second-order valence-corrected chi connectivity index (χ2v) is 8.18. The lowest BCUT2D eigenvalue weighted by Gasteiger charge is -2.19. The van der Waals surface area contributed by atoms with Crippen molar-refractivity contribution in [2.45, 2.75) is 58.4 Å². The average Bonchev–Trinajstić information content (AvgIpc) is 3.07. The molecule has 0 atom stereocenters. The SMILES string of the molecule is CCCNC(=O)Nc1ncnc2c1cnn2CCCCN1CCCCCC1.O=C(O)/C=C\C(=O)O. The fraction of sp³-hybridized carbons (Fsp3) is 0.565. The van der Waals surface area contributed by atoms with Crippen molar-refractivity contribution < 1.29 is 24.6 Å².